The SMILES string of the molecule is COC(=O)[C@@H]1C[C@H](OS(=O)(=O)CCC(F)(F)C(F)(F)C(F)(F)C(F)(F)C(F)(F)C(F)(F)C(F)(F)C(F)(F)F)CN1C(=O)OC(C)(C)C. The molecule has 1 rings (SSSR count). The zero-order chi connectivity index (χ0) is 37.8. The highest BCUT2D eigenvalue weighted by Crippen LogP contribution is 2.64. The van der Waals surface area contributed by atoms with E-state index in [1.807, 2.05) is 0 Å². The van der Waals surface area contributed by atoms with Gasteiger partial charge < -0.3 is 9.47 Å². The Kier molecular flexibility index (Phi) is 11.2. The second-order valence-corrected chi connectivity index (χ2v) is 12.5. The van der Waals surface area contributed by atoms with Crippen molar-refractivity contribution >= 4 is 22.2 Å². The molecule has 0 unspecified atom stereocenters. The predicted molar refractivity (Wildman–Crippen MR) is 117 cm³/mol. The zero-order valence-corrected chi connectivity index (χ0v) is 24.4. The molecular formula is C21H22F17NO7S. The van der Waals surface area contributed by atoms with E-state index in [2.05, 4.69) is 8.92 Å². The monoisotopic (exact) mass is 755 g/mol. The minimum atomic E-state index is -8.82. The van der Waals surface area contributed by atoms with Crippen molar-refractivity contribution in [2.24, 2.45) is 0 Å². The summed E-state index contributed by atoms with van der Waals surface area (Å²) in [6.07, 6.45) is -15.2. The van der Waals surface area contributed by atoms with Gasteiger partial charge in [-0.05, 0) is 20.8 Å². The van der Waals surface area contributed by atoms with Gasteiger partial charge in [0, 0.05) is 12.8 Å². The molecule has 0 aromatic carbocycles. The van der Waals surface area contributed by atoms with Crippen LogP contribution in [0.5, 0.6) is 0 Å². The van der Waals surface area contributed by atoms with Gasteiger partial charge in [-0.15, -0.1) is 0 Å². The third kappa shape index (κ3) is 7.55. The third-order valence-corrected chi connectivity index (χ3v) is 7.37. The quantitative estimate of drug-likeness (QED) is 0.131. The molecule has 47 heavy (non-hydrogen) atoms. The van der Waals surface area contributed by atoms with Crippen molar-refractivity contribution in [1.29, 1.82) is 0 Å². The Bertz CT molecular complexity index is 1280. The fourth-order valence-electron chi connectivity index (χ4n) is 3.61. The number of likely N-dealkylation sites (tertiary alicyclic amines) is 1. The van der Waals surface area contributed by atoms with Gasteiger partial charge in [0.25, 0.3) is 10.1 Å². The van der Waals surface area contributed by atoms with Crippen LogP contribution >= 0.6 is 0 Å². The van der Waals surface area contributed by atoms with E-state index in [0.29, 0.717) is 4.90 Å². The second kappa shape index (κ2) is 12.4. The maximum absolute atomic E-state index is 14.1. The van der Waals surface area contributed by atoms with Gasteiger partial charge in [-0.1, -0.05) is 0 Å². The summed E-state index contributed by atoms with van der Waals surface area (Å²) < 4.78 is 266. The van der Waals surface area contributed by atoms with Crippen molar-refractivity contribution in [3.8, 4) is 0 Å². The first-order chi connectivity index (χ1) is 20.4. The van der Waals surface area contributed by atoms with Gasteiger partial charge in [-0.2, -0.15) is 83.1 Å². The van der Waals surface area contributed by atoms with Crippen molar-refractivity contribution in [2.75, 3.05) is 19.4 Å². The number of hydrogen-bond donors (Lipinski definition) is 0. The van der Waals surface area contributed by atoms with E-state index in [4.69, 9.17) is 4.74 Å². The van der Waals surface area contributed by atoms with Crippen molar-refractivity contribution in [3.05, 3.63) is 0 Å². The number of ether oxygens (including phenoxy) is 2. The lowest BCUT2D eigenvalue weighted by molar-refractivity contribution is -0.461. The normalized spacial score (nSPS) is 20.0. The molecule has 0 bridgehead atoms. The van der Waals surface area contributed by atoms with E-state index in [1.54, 1.807) is 0 Å². The Balaban J connectivity index is 3.31. The molecule has 2 atom stereocenters. The smallest absolute Gasteiger partial charge is 0.460 e. The van der Waals surface area contributed by atoms with Gasteiger partial charge in [0.2, 0.25) is 0 Å². The number of carbonyl (C=O) groups is 2. The first-order valence-electron chi connectivity index (χ1n) is 12.1. The number of amides is 1. The summed E-state index contributed by atoms with van der Waals surface area (Å²) in [5.74, 6) is -62.1. The fourth-order valence-corrected chi connectivity index (χ4v) is 4.77. The molecule has 1 fully saturated rings. The number of carbonyl (C=O) groups excluding carboxylic acids is 2. The van der Waals surface area contributed by atoms with E-state index in [1.165, 1.54) is 20.8 Å². The topological polar surface area (TPSA) is 99.2 Å². The van der Waals surface area contributed by atoms with Crippen LogP contribution in [0.3, 0.4) is 0 Å². The summed E-state index contributed by atoms with van der Waals surface area (Å²) in [6.45, 7) is 3.09. The van der Waals surface area contributed by atoms with Crippen molar-refractivity contribution in [2.45, 2.75) is 99.0 Å². The predicted octanol–water partition coefficient (Wildman–Crippen LogP) is 6.28. The van der Waals surface area contributed by atoms with Crippen LogP contribution in [0.2, 0.25) is 0 Å². The van der Waals surface area contributed by atoms with Crippen LogP contribution in [0.15, 0.2) is 0 Å². The lowest BCUT2D eigenvalue weighted by Crippen LogP contribution is -2.74. The van der Waals surface area contributed by atoms with E-state index in [0.717, 1.165) is 7.11 Å². The Morgan fingerprint density at radius 1 is 0.702 bits per heavy atom. The summed E-state index contributed by atoms with van der Waals surface area (Å²) in [7, 11) is -4.94. The molecule has 1 amide bonds. The van der Waals surface area contributed by atoms with Crippen molar-refractivity contribution in [3.63, 3.8) is 0 Å². The Morgan fingerprint density at radius 3 is 1.49 bits per heavy atom. The Hall–Kier alpha value is -2.54. The number of esters is 1. The van der Waals surface area contributed by atoms with Crippen LogP contribution in [0, 0.1) is 0 Å². The van der Waals surface area contributed by atoms with E-state index in [9.17, 15) is 92.6 Å². The summed E-state index contributed by atoms with van der Waals surface area (Å²) in [5, 5.41) is 0. The minimum absolute atomic E-state index is 0.501. The van der Waals surface area contributed by atoms with Crippen molar-refractivity contribution in [1.82, 2.24) is 4.90 Å². The number of halogens is 17. The molecule has 1 aliphatic rings. The number of hydrogen-bond acceptors (Lipinski definition) is 7. The highest BCUT2D eigenvalue weighted by Gasteiger charge is 2.95. The summed E-state index contributed by atoms with van der Waals surface area (Å²) in [4.78, 5) is 24.9. The fraction of sp³-hybridized carbons (Fsp3) is 0.905. The Labute approximate surface area is 252 Å². The first-order valence-corrected chi connectivity index (χ1v) is 13.7. The molecule has 1 heterocycles. The Morgan fingerprint density at radius 2 is 1.11 bits per heavy atom. The summed E-state index contributed by atoms with van der Waals surface area (Å²) >= 11 is 0. The van der Waals surface area contributed by atoms with Crippen LogP contribution in [0.25, 0.3) is 0 Å². The lowest BCUT2D eigenvalue weighted by Gasteiger charge is -2.42. The highest BCUT2D eigenvalue weighted by molar-refractivity contribution is 7.86. The number of alkyl halides is 17. The number of nitrogens with zero attached hydrogens (tertiary/aromatic N) is 1. The van der Waals surface area contributed by atoms with Crippen LogP contribution in [0.1, 0.15) is 33.6 Å². The molecule has 8 nitrogen and oxygen atoms in total. The molecule has 0 aromatic rings. The van der Waals surface area contributed by atoms with Gasteiger partial charge in [0.05, 0.1) is 25.5 Å². The van der Waals surface area contributed by atoms with Gasteiger partial charge in [0.1, 0.15) is 11.6 Å². The largest absolute Gasteiger partial charge is 0.467 e. The van der Waals surface area contributed by atoms with Crippen LogP contribution in [-0.4, -0.2) is 110 Å². The first kappa shape index (κ1) is 42.5. The molecule has 0 radical (unpaired) electrons. The van der Waals surface area contributed by atoms with Crippen molar-refractivity contribution < 1.29 is 106 Å². The maximum atomic E-state index is 14.1. The van der Waals surface area contributed by atoms with E-state index >= 15 is 0 Å². The van der Waals surface area contributed by atoms with Crippen LogP contribution in [-0.2, 0) is 28.6 Å². The summed E-state index contributed by atoms with van der Waals surface area (Å²) in [6, 6.07) is -1.69. The third-order valence-electron chi connectivity index (χ3n) is 6.10. The number of methoxy groups -OCH3 is 1. The summed E-state index contributed by atoms with van der Waals surface area (Å²) in [5.41, 5.74) is -1.22. The molecule has 0 saturated carbocycles. The molecule has 0 N–H and O–H groups in total. The molecule has 0 aromatic heterocycles. The second-order valence-electron chi connectivity index (χ2n) is 10.8. The van der Waals surface area contributed by atoms with Gasteiger partial charge >= 0.3 is 59.7 Å². The van der Waals surface area contributed by atoms with Gasteiger partial charge in [-0.3, -0.25) is 9.08 Å². The molecular weight excluding hydrogens is 733 g/mol. The molecule has 278 valence electrons. The van der Waals surface area contributed by atoms with E-state index < -0.39 is 113 Å². The average molecular weight is 755 g/mol. The van der Waals surface area contributed by atoms with E-state index in [-0.39, 0.29) is 0 Å². The highest BCUT2D eigenvalue weighted by atomic mass is 32.2. The lowest BCUT2D eigenvalue weighted by atomic mass is 9.88. The average Bonchev–Trinajstić information content (AvgIpc) is 3.28. The molecule has 0 spiro atoms. The standard InChI is InChI=1S/C21H22F17NO7S/c1-13(2,3)45-12(41)39-8-9(7-10(39)11(40)44-4)46-47(42,43)6-5-14(22,23)15(24,25)16(26,27)17(28,29)18(30,31)19(32,33)20(34,35)21(36,37)38/h9-10H,5-8H2,1-4H3/t9-,10-/m0/s1. The minimum Gasteiger partial charge on any atom is -0.467 e. The molecule has 0 aliphatic carbocycles. The molecule has 26 heteroatoms. The van der Waals surface area contributed by atoms with Crippen LogP contribution < -0.4 is 0 Å². The number of rotatable bonds is 12. The molecule has 1 saturated heterocycles. The maximum Gasteiger partial charge on any atom is 0.460 e. The molecule has 1 aliphatic heterocycles. The van der Waals surface area contributed by atoms with Gasteiger partial charge in [-0.25, -0.2) is 9.59 Å². The van der Waals surface area contributed by atoms with Crippen LogP contribution in [0.4, 0.5) is 79.4 Å². The van der Waals surface area contributed by atoms with Gasteiger partial charge in [0.15, 0.2) is 0 Å². The zero-order valence-electron chi connectivity index (χ0n) is 23.6.